The molecule has 2 aromatic carbocycles. The van der Waals surface area contributed by atoms with Crippen LogP contribution in [0.5, 0.6) is 5.75 Å². The van der Waals surface area contributed by atoms with Crippen molar-refractivity contribution in [2.75, 3.05) is 7.11 Å². The lowest BCUT2D eigenvalue weighted by atomic mass is 9.81. The number of nitrogens with one attached hydrogen (secondary N) is 1. The first-order valence-corrected chi connectivity index (χ1v) is 9.11. The number of fused-ring (bicyclic) bond motifs is 1. The van der Waals surface area contributed by atoms with Crippen LogP contribution in [-0.2, 0) is 6.42 Å². The van der Waals surface area contributed by atoms with E-state index in [9.17, 15) is 4.79 Å². The van der Waals surface area contributed by atoms with Crippen molar-refractivity contribution in [1.82, 2.24) is 10.2 Å². The number of hydrogen-bond acceptors (Lipinski definition) is 5. The predicted molar refractivity (Wildman–Crippen MR) is 109 cm³/mol. The van der Waals surface area contributed by atoms with Crippen molar-refractivity contribution in [3.8, 4) is 5.75 Å². The van der Waals surface area contributed by atoms with Gasteiger partial charge in [-0.15, -0.1) is 0 Å². The van der Waals surface area contributed by atoms with Gasteiger partial charge in [-0.3, -0.25) is 4.79 Å². The average molecular weight is 372 g/mol. The fourth-order valence-corrected chi connectivity index (χ4v) is 3.39. The minimum absolute atomic E-state index is 0.233. The van der Waals surface area contributed by atoms with E-state index in [-0.39, 0.29) is 11.5 Å². The van der Waals surface area contributed by atoms with Gasteiger partial charge in [-0.05, 0) is 54.2 Å². The highest BCUT2D eigenvalue weighted by atomic mass is 16.5. The normalized spacial score (nSPS) is 17.6. The van der Waals surface area contributed by atoms with Crippen molar-refractivity contribution in [2.24, 2.45) is 10.2 Å². The Bertz CT molecular complexity index is 1070. The maximum absolute atomic E-state index is 11.8. The molecule has 0 bridgehead atoms. The Balaban J connectivity index is 1.65. The van der Waals surface area contributed by atoms with E-state index in [0.29, 0.717) is 6.42 Å². The highest BCUT2D eigenvalue weighted by molar-refractivity contribution is 6.03. The lowest BCUT2D eigenvalue weighted by molar-refractivity contribution is 0.415. The maximum atomic E-state index is 11.8. The second-order valence-electron chi connectivity index (χ2n) is 6.67. The lowest BCUT2D eigenvalue weighted by Crippen LogP contribution is -2.24. The highest BCUT2D eigenvalue weighted by Crippen LogP contribution is 2.31. The second kappa shape index (κ2) is 8.00. The van der Waals surface area contributed by atoms with E-state index in [1.807, 2.05) is 42.5 Å². The number of ether oxygens (including phenoxy) is 1. The van der Waals surface area contributed by atoms with Crippen LogP contribution in [0.1, 0.15) is 34.7 Å². The van der Waals surface area contributed by atoms with Gasteiger partial charge < -0.3 is 4.74 Å². The maximum Gasteiger partial charge on any atom is 0.264 e. The molecular formula is C22H20N4O2. The first-order valence-electron chi connectivity index (χ1n) is 9.11. The van der Waals surface area contributed by atoms with E-state index in [0.717, 1.165) is 34.7 Å². The van der Waals surface area contributed by atoms with Gasteiger partial charge in [0.25, 0.3) is 5.56 Å². The quantitative estimate of drug-likeness (QED) is 0.563. The van der Waals surface area contributed by atoms with Gasteiger partial charge in [0.15, 0.2) is 0 Å². The van der Waals surface area contributed by atoms with E-state index in [1.165, 1.54) is 5.56 Å². The summed E-state index contributed by atoms with van der Waals surface area (Å²) in [6.45, 7) is 0. The van der Waals surface area contributed by atoms with Gasteiger partial charge in [-0.2, -0.15) is 15.3 Å². The van der Waals surface area contributed by atoms with Crippen molar-refractivity contribution in [2.45, 2.75) is 18.8 Å². The highest BCUT2D eigenvalue weighted by Gasteiger charge is 2.26. The third kappa shape index (κ3) is 3.91. The van der Waals surface area contributed by atoms with Gasteiger partial charge >= 0.3 is 0 Å². The molecule has 28 heavy (non-hydrogen) atoms. The summed E-state index contributed by atoms with van der Waals surface area (Å²) in [6.07, 6.45) is 3.16. The number of aromatic amines is 1. The van der Waals surface area contributed by atoms with Crippen LogP contribution >= 0.6 is 0 Å². The molecule has 0 unspecified atom stereocenters. The molecular weight excluding hydrogens is 352 g/mol. The summed E-state index contributed by atoms with van der Waals surface area (Å²) in [5.41, 5.74) is 4.32. The Morgan fingerprint density at radius 1 is 1.11 bits per heavy atom. The van der Waals surface area contributed by atoms with Gasteiger partial charge in [0.05, 0.1) is 24.7 Å². The minimum atomic E-state index is -0.233. The zero-order valence-electron chi connectivity index (χ0n) is 15.5. The molecule has 1 aromatic heterocycles. The van der Waals surface area contributed by atoms with Gasteiger partial charge in [-0.25, -0.2) is 5.10 Å². The van der Waals surface area contributed by atoms with Crippen molar-refractivity contribution in [3.05, 3.63) is 93.4 Å². The fraction of sp³-hybridized carbons (Fsp3) is 0.182. The molecule has 0 amide bonds. The molecule has 6 nitrogen and oxygen atoms in total. The molecule has 1 atom stereocenters. The summed E-state index contributed by atoms with van der Waals surface area (Å²) < 4.78 is 5.16. The van der Waals surface area contributed by atoms with Crippen LogP contribution in [-0.4, -0.2) is 29.2 Å². The summed E-state index contributed by atoms with van der Waals surface area (Å²) in [7, 11) is 1.63. The number of hydrogen-bond donors (Lipinski definition) is 1. The number of rotatable bonds is 4. The summed E-state index contributed by atoms with van der Waals surface area (Å²) in [4.78, 5) is 11.8. The van der Waals surface area contributed by atoms with Crippen LogP contribution in [0.25, 0.3) is 0 Å². The van der Waals surface area contributed by atoms with Crippen LogP contribution in [0.4, 0.5) is 0 Å². The number of H-pyrrole nitrogens is 1. The molecule has 140 valence electrons. The number of aromatic nitrogens is 2. The molecule has 0 saturated carbocycles. The molecule has 4 rings (SSSR count). The van der Waals surface area contributed by atoms with Crippen molar-refractivity contribution in [3.63, 3.8) is 0 Å². The monoisotopic (exact) mass is 372 g/mol. The van der Waals surface area contributed by atoms with Crippen molar-refractivity contribution >= 4 is 11.9 Å². The zero-order valence-corrected chi connectivity index (χ0v) is 15.5. The molecule has 3 aromatic rings. The van der Waals surface area contributed by atoms with Crippen LogP contribution < -0.4 is 10.3 Å². The van der Waals surface area contributed by atoms with Crippen molar-refractivity contribution < 1.29 is 4.74 Å². The summed E-state index contributed by atoms with van der Waals surface area (Å²) in [5.74, 6) is 1.04. The second-order valence-corrected chi connectivity index (χ2v) is 6.67. The first-order chi connectivity index (χ1) is 13.7. The Kier molecular flexibility index (Phi) is 5.10. The number of benzene rings is 2. The summed E-state index contributed by atoms with van der Waals surface area (Å²) >= 11 is 0. The van der Waals surface area contributed by atoms with Crippen LogP contribution in [0.3, 0.4) is 0 Å². The average Bonchev–Trinajstić information content (AvgIpc) is 2.75. The molecule has 1 N–H and O–H groups in total. The SMILES string of the molecule is COc1ccc(C=NN=C2C[C@H](c3ccccc3)Cc3n[nH]c(=O)cc32)cc1. The third-order valence-corrected chi connectivity index (χ3v) is 4.85. The van der Waals surface area contributed by atoms with Gasteiger partial charge in [-0.1, -0.05) is 30.3 Å². The smallest absolute Gasteiger partial charge is 0.264 e. The molecule has 1 heterocycles. The molecule has 1 aliphatic rings. The van der Waals surface area contributed by atoms with Crippen molar-refractivity contribution in [1.29, 1.82) is 0 Å². The number of nitrogens with zero attached hydrogens (tertiary/aromatic N) is 3. The Morgan fingerprint density at radius 2 is 1.89 bits per heavy atom. The number of methoxy groups -OCH3 is 1. The Morgan fingerprint density at radius 3 is 2.64 bits per heavy atom. The fourth-order valence-electron chi connectivity index (χ4n) is 3.39. The predicted octanol–water partition coefficient (Wildman–Crippen LogP) is 3.33. The van der Waals surface area contributed by atoms with E-state index >= 15 is 0 Å². The van der Waals surface area contributed by atoms with E-state index in [4.69, 9.17) is 4.74 Å². The van der Waals surface area contributed by atoms with E-state index < -0.39 is 0 Å². The molecule has 0 saturated heterocycles. The molecule has 1 aliphatic carbocycles. The topological polar surface area (TPSA) is 79.7 Å². The first kappa shape index (κ1) is 17.9. The summed E-state index contributed by atoms with van der Waals surface area (Å²) in [5, 5.41) is 15.5. The summed E-state index contributed by atoms with van der Waals surface area (Å²) in [6, 6.07) is 19.4. The molecule has 0 radical (unpaired) electrons. The molecule has 0 spiro atoms. The molecule has 0 aliphatic heterocycles. The van der Waals surface area contributed by atoms with Gasteiger partial charge in [0.1, 0.15) is 5.75 Å². The van der Waals surface area contributed by atoms with Crippen LogP contribution in [0.15, 0.2) is 75.7 Å². The van der Waals surface area contributed by atoms with Crippen LogP contribution in [0.2, 0.25) is 0 Å². The van der Waals surface area contributed by atoms with E-state index in [2.05, 4.69) is 32.5 Å². The molecule has 6 heteroatoms. The van der Waals surface area contributed by atoms with E-state index in [1.54, 1.807) is 19.4 Å². The van der Waals surface area contributed by atoms with Crippen LogP contribution in [0, 0.1) is 0 Å². The zero-order chi connectivity index (χ0) is 19.3. The molecule has 0 fully saturated rings. The van der Waals surface area contributed by atoms with Gasteiger partial charge in [0, 0.05) is 11.6 Å². The Labute approximate surface area is 162 Å². The third-order valence-electron chi connectivity index (χ3n) is 4.85. The lowest BCUT2D eigenvalue weighted by Gasteiger charge is -2.24. The Hall–Kier alpha value is -3.54. The largest absolute Gasteiger partial charge is 0.497 e. The minimum Gasteiger partial charge on any atom is -0.497 e. The standard InChI is InChI=1S/C22H20N4O2/c1-28-18-9-7-15(8-10-18)14-23-24-20-11-17(16-5-3-2-4-6-16)12-21-19(20)13-22(27)26-25-21/h2-10,13-14,17H,11-12H2,1H3,(H,26,27)/t17-/m0/s1. The van der Waals surface area contributed by atoms with Gasteiger partial charge in [0.2, 0.25) is 0 Å².